The molecule has 2 saturated carbocycles. The number of aryl methyl sites for hydroxylation is 1. The summed E-state index contributed by atoms with van der Waals surface area (Å²) >= 11 is 7.27. The first kappa shape index (κ1) is 16.3. The van der Waals surface area contributed by atoms with Crippen molar-refractivity contribution in [1.29, 1.82) is 0 Å². The highest BCUT2D eigenvalue weighted by atomic mass is 79.9. The van der Waals surface area contributed by atoms with Crippen molar-refractivity contribution < 1.29 is 18.9 Å². The van der Waals surface area contributed by atoms with Gasteiger partial charge in [-0.1, -0.05) is 37.0 Å². The molecule has 2 bridgehead atoms. The highest BCUT2D eigenvalue weighted by molar-refractivity contribution is 9.12. The monoisotopic (exact) mass is 459 g/mol. The number of hydrogen-bond acceptors (Lipinski definition) is 5. The Labute approximate surface area is 154 Å². The van der Waals surface area contributed by atoms with Crippen LogP contribution in [-0.2, 0) is 14.4 Å². The van der Waals surface area contributed by atoms with Gasteiger partial charge in [0.25, 0.3) is 0 Å². The Morgan fingerprint density at radius 1 is 1.29 bits per heavy atom. The summed E-state index contributed by atoms with van der Waals surface area (Å²) in [6.07, 6.45) is 0.872. The van der Waals surface area contributed by atoms with E-state index in [0.717, 1.165) is 11.3 Å². The summed E-state index contributed by atoms with van der Waals surface area (Å²) < 4.78 is 4.88. The number of fused-ring (bicyclic) bond motifs is 5. The van der Waals surface area contributed by atoms with Crippen molar-refractivity contribution in [2.24, 2.45) is 23.7 Å². The molecule has 0 unspecified atom stereocenters. The Kier molecular flexibility index (Phi) is 3.83. The number of amides is 3. The van der Waals surface area contributed by atoms with Crippen LogP contribution in [-0.4, -0.2) is 44.0 Å². The molecule has 9 heteroatoms. The van der Waals surface area contributed by atoms with Crippen molar-refractivity contribution in [2.45, 2.75) is 23.0 Å². The van der Waals surface area contributed by atoms with E-state index in [9.17, 15) is 14.4 Å². The normalized spacial score (nSPS) is 37.2. The summed E-state index contributed by atoms with van der Waals surface area (Å²) in [5.74, 6) is -0.386. The van der Waals surface area contributed by atoms with Crippen LogP contribution < -0.4 is 5.32 Å². The van der Waals surface area contributed by atoms with Gasteiger partial charge in [-0.3, -0.25) is 19.3 Å². The van der Waals surface area contributed by atoms with Crippen LogP contribution in [0.4, 0.5) is 5.82 Å². The Bertz CT molecular complexity index is 704. The average Bonchev–Trinajstić information content (AvgIpc) is 3.23. The number of imide groups is 1. The van der Waals surface area contributed by atoms with Crippen molar-refractivity contribution in [3.8, 4) is 0 Å². The van der Waals surface area contributed by atoms with E-state index in [-0.39, 0.29) is 57.5 Å². The maximum Gasteiger partial charge on any atom is 0.245 e. The van der Waals surface area contributed by atoms with E-state index in [1.54, 1.807) is 13.0 Å². The van der Waals surface area contributed by atoms with Crippen LogP contribution in [0.2, 0.25) is 0 Å². The number of hydrogen-bond donors (Lipinski definition) is 1. The summed E-state index contributed by atoms with van der Waals surface area (Å²) in [7, 11) is 0. The minimum Gasteiger partial charge on any atom is -0.360 e. The zero-order valence-corrected chi connectivity index (χ0v) is 15.9. The van der Waals surface area contributed by atoms with Gasteiger partial charge in [0.05, 0.1) is 11.8 Å². The van der Waals surface area contributed by atoms with Gasteiger partial charge in [-0.05, 0) is 25.2 Å². The molecule has 1 aliphatic heterocycles. The van der Waals surface area contributed by atoms with Gasteiger partial charge in [0.1, 0.15) is 12.3 Å². The van der Waals surface area contributed by atoms with E-state index >= 15 is 0 Å². The molecule has 2 heterocycles. The van der Waals surface area contributed by atoms with Crippen LogP contribution >= 0.6 is 31.9 Å². The number of nitrogens with one attached hydrogen (secondary N) is 1. The summed E-state index contributed by atoms with van der Waals surface area (Å²) in [5.41, 5.74) is 0. The lowest BCUT2D eigenvalue weighted by atomic mass is 9.81. The Hall–Kier alpha value is -1.22. The predicted octanol–water partition coefficient (Wildman–Crippen LogP) is 1.70. The van der Waals surface area contributed by atoms with Crippen molar-refractivity contribution >= 4 is 55.4 Å². The number of likely N-dealkylation sites (tertiary alicyclic amines) is 1. The van der Waals surface area contributed by atoms with E-state index in [2.05, 4.69) is 42.3 Å². The van der Waals surface area contributed by atoms with Crippen LogP contribution in [0.3, 0.4) is 0 Å². The minimum absolute atomic E-state index is 0.145. The molecule has 0 aromatic carbocycles. The lowest BCUT2D eigenvalue weighted by Crippen LogP contribution is -2.39. The smallest absolute Gasteiger partial charge is 0.245 e. The Balaban J connectivity index is 1.48. The van der Waals surface area contributed by atoms with E-state index in [1.165, 1.54) is 0 Å². The van der Waals surface area contributed by atoms with E-state index in [0.29, 0.717) is 5.76 Å². The lowest BCUT2D eigenvalue weighted by Gasteiger charge is -2.28. The van der Waals surface area contributed by atoms with Crippen molar-refractivity contribution in [2.75, 3.05) is 11.9 Å². The fourth-order valence-corrected chi connectivity index (χ4v) is 6.19. The third kappa shape index (κ3) is 2.28. The van der Waals surface area contributed by atoms with Gasteiger partial charge >= 0.3 is 0 Å². The molecule has 0 spiro atoms. The molecule has 128 valence electrons. The first-order chi connectivity index (χ1) is 11.4. The van der Waals surface area contributed by atoms with E-state index in [1.807, 2.05) is 0 Å². The number of anilines is 1. The number of halogens is 2. The Morgan fingerprint density at radius 2 is 1.88 bits per heavy atom. The molecule has 7 nitrogen and oxygen atoms in total. The number of carbonyl (C=O) groups is 3. The largest absolute Gasteiger partial charge is 0.360 e. The fraction of sp³-hybridized carbons (Fsp3) is 0.600. The standard InChI is InChI=1S/C15H15Br2N3O4/c1-5-2-8(19-24-5)18-9(21)4-20-14(22)10-6-3-7(11(10)15(20)23)13(17)12(6)16/h2,6-7,10-13H,3-4H2,1H3,(H,18,19,21)/t6-,7+,10+,11-,12-,13-/m1/s1. The highest BCUT2D eigenvalue weighted by Gasteiger charge is 2.66. The molecule has 2 aliphatic carbocycles. The van der Waals surface area contributed by atoms with Crippen LogP contribution in [0.1, 0.15) is 12.2 Å². The second-order valence-electron chi connectivity index (χ2n) is 6.64. The zero-order chi connectivity index (χ0) is 17.2. The average molecular weight is 461 g/mol. The molecule has 0 radical (unpaired) electrons. The van der Waals surface area contributed by atoms with Gasteiger partial charge in [0.2, 0.25) is 17.7 Å². The molecule has 24 heavy (non-hydrogen) atoms. The molecule has 3 amide bonds. The zero-order valence-electron chi connectivity index (χ0n) is 12.7. The molecular weight excluding hydrogens is 446 g/mol. The minimum atomic E-state index is -0.455. The molecule has 4 rings (SSSR count). The topological polar surface area (TPSA) is 92.5 Å². The van der Waals surface area contributed by atoms with Crippen molar-refractivity contribution in [3.05, 3.63) is 11.8 Å². The van der Waals surface area contributed by atoms with Gasteiger partial charge in [0.15, 0.2) is 5.82 Å². The van der Waals surface area contributed by atoms with Gasteiger partial charge in [-0.2, -0.15) is 0 Å². The Morgan fingerprint density at radius 3 is 2.38 bits per heavy atom. The summed E-state index contributed by atoms with van der Waals surface area (Å²) in [6, 6.07) is 1.57. The third-order valence-electron chi connectivity index (χ3n) is 5.28. The molecule has 3 fully saturated rings. The van der Waals surface area contributed by atoms with Crippen LogP contribution in [0.5, 0.6) is 0 Å². The van der Waals surface area contributed by atoms with Crippen LogP contribution in [0.15, 0.2) is 10.6 Å². The first-order valence-corrected chi connectivity index (χ1v) is 9.58. The van der Waals surface area contributed by atoms with Gasteiger partial charge in [-0.15, -0.1) is 0 Å². The predicted molar refractivity (Wildman–Crippen MR) is 90.6 cm³/mol. The van der Waals surface area contributed by atoms with Crippen LogP contribution in [0.25, 0.3) is 0 Å². The van der Waals surface area contributed by atoms with Gasteiger partial charge in [-0.25, -0.2) is 0 Å². The maximum atomic E-state index is 12.7. The van der Waals surface area contributed by atoms with Crippen LogP contribution in [0, 0.1) is 30.6 Å². The lowest BCUT2D eigenvalue weighted by molar-refractivity contribution is -0.143. The van der Waals surface area contributed by atoms with Crippen molar-refractivity contribution in [3.63, 3.8) is 0 Å². The second-order valence-corrected chi connectivity index (χ2v) is 8.75. The fourth-order valence-electron chi connectivity index (χ4n) is 4.32. The molecule has 6 atom stereocenters. The number of aromatic nitrogens is 1. The number of nitrogens with zero attached hydrogens (tertiary/aromatic N) is 2. The third-order valence-corrected chi connectivity index (χ3v) is 8.48. The van der Waals surface area contributed by atoms with Gasteiger partial charge < -0.3 is 9.84 Å². The number of carbonyl (C=O) groups excluding carboxylic acids is 3. The number of rotatable bonds is 3. The summed E-state index contributed by atoms with van der Waals surface area (Å²) in [4.78, 5) is 39.0. The van der Waals surface area contributed by atoms with Crippen molar-refractivity contribution in [1.82, 2.24) is 10.1 Å². The van der Waals surface area contributed by atoms with E-state index < -0.39 is 5.91 Å². The molecule has 1 aromatic rings. The highest BCUT2D eigenvalue weighted by Crippen LogP contribution is 2.60. The summed E-state index contributed by atoms with van der Waals surface area (Å²) in [6.45, 7) is 1.43. The quantitative estimate of drug-likeness (QED) is 0.547. The molecule has 1 saturated heterocycles. The van der Waals surface area contributed by atoms with E-state index in [4.69, 9.17) is 4.52 Å². The molecule has 1 aromatic heterocycles. The number of alkyl halides is 2. The van der Waals surface area contributed by atoms with Gasteiger partial charge in [0, 0.05) is 15.7 Å². The maximum absolute atomic E-state index is 12.7. The second kappa shape index (κ2) is 5.66. The molecular formula is C15H15Br2N3O4. The SMILES string of the molecule is Cc1cc(NC(=O)CN2C(=O)[C@@H]3[C@@H]4C[C@@H]([C@@H](Br)[C@@H]4Br)[C@@H]3C2=O)no1. The molecule has 1 N–H and O–H groups in total. The summed E-state index contributed by atoms with van der Waals surface area (Å²) in [5, 5.41) is 6.22. The first-order valence-electron chi connectivity index (χ1n) is 7.75. The molecule has 3 aliphatic rings.